The summed E-state index contributed by atoms with van der Waals surface area (Å²) < 4.78 is 11.3. The van der Waals surface area contributed by atoms with Gasteiger partial charge in [0, 0.05) is 12.1 Å². The lowest BCUT2D eigenvalue weighted by atomic mass is 10.0. The molecule has 29 heavy (non-hydrogen) atoms. The number of carbonyl (C=O) groups excluding carboxylic acids is 2. The zero-order chi connectivity index (χ0) is 20.4. The van der Waals surface area contributed by atoms with E-state index in [0.717, 1.165) is 41.0 Å². The Kier molecular flexibility index (Phi) is 5.43. The van der Waals surface area contributed by atoms with E-state index in [0.29, 0.717) is 25.3 Å². The van der Waals surface area contributed by atoms with Gasteiger partial charge in [-0.15, -0.1) is 0 Å². The molecular weight excluding hydrogens is 368 g/mol. The minimum absolute atomic E-state index is 0.00329. The number of likely N-dealkylation sites (tertiary alicyclic amines) is 1. The zero-order valence-corrected chi connectivity index (χ0v) is 16.9. The van der Waals surface area contributed by atoms with Gasteiger partial charge in [0.15, 0.2) is 11.5 Å². The highest BCUT2D eigenvalue weighted by atomic mass is 16.6. The summed E-state index contributed by atoms with van der Waals surface area (Å²) in [6.45, 7) is 5.69. The second-order valence-electron chi connectivity index (χ2n) is 7.71. The van der Waals surface area contributed by atoms with Crippen LogP contribution in [-0.4, -0.2) is 43.0 Å². The summed E-state index contributed by atoms with van der Waals surface area (Å²) in [7, 11) is 0. The normalized spacial score (nSPS) is 17.9. The van der Waals surface area contributed by atoms with Gasteiger partial charge in [0.25, 0.3) is 5.91 Å². The van der Waals surface area contributed by atoms with E-state index >= 15 is 0 Å². The third-order valence-corrected chi connectivity index (χ3v) is 5.41. The number of aryl methyl sites for hydroxylation is 2. The summed E-state index contributed by atoms with van der Waals surface area (Å²) in [6, 6.07) is 11.6. The molecule has 2 aliphatic heterocycles. The maximum Gasteiger partial charge on any atom is 0.251 e. The van der Waals surface area contributed by atoms with Gasteiger partial charge in [-0.05, 0) is 56.5 Å². The Balaban J connectivity index is 1.42. The first kappa shape index (κ1) is 19.3. The predicted octanol–water partition coefficient (Wildman–Crippen LogP) is 3.17. The number of nitrogens with one attached hydrogen (secondary N) is 1. The number of fused-ring (bicyclic) bond motifs is 1. The SMILES string of the molecule is Cc1cc(C)cc(C(=O)NCC(=O)N2CCC[C@@H]2c2ccc3c(c2)OCCO3)c1. The van der Waals surface area contributed by atoms with Crippen molar-refractivity contribution in [3.05, 3.63) is 58.7 Å². The lowest BCUT2D eigenvalue weighted by Crippen LogP contribution is -2.39. The molecule has 2 heterocycles. The van der Waals surface area contributed by atoms with Crippen LogP contribution in [0.5, 0.6) is 11.5 Å². The Morgan fingerprint density at radius 3 is 2.52 bits per heavy atom. The fraction of sp³-hybridized carbons (Fsp3) is 0.391. The molecule has 0 bridgehead atoms. The second-order valence-corrected chi connectivity index (χ2v) is 7.71. The molecule has 2 aromatic carbocycles. The second kappa shape index (κ2) is 8.15. The number of amides is 2. The van der Waals surface area contributed by atoms with Crippen molar-refractivity contribution >= 4 is 11.8 Å². The molecule has 2 amide bonds. The number of ether oxygens (including phenoxy) is 2. The highest BCUT2D eigenvalue weighted by Crippen LogP contribution is 2.38. The minimum Gasteiger partial charge on any atom is -0.486 e. The summed E-state index contributed by atoms with van der Waals surface area (Å²) >= 11 is 0. The van der Waals surface area contributed by atoms with Crippen molar-refractivity contribution in [2.45, 2.75) is 32.7 Å². The first-order valence-corrected chi connectivity index (χ1v) is 10.1. The van der Waals surface area contributed by atoms with Crippen LogP contribution in [0.15, 0.2) is 36.4 Å². The number of benzene rings is 2. The van der Waals surface area contributed by atoms with E-state index in [4.69, 9.17) is 9.47 Å². The number of carbonyl (C=O) groups is 2. The molecular formula is C23H26N2O4. The molecule has 0 radical (unpaired) electrons. The zero-order valence-electron chi connectivity index (χ0n) is 16.9. The fourth-order valence-corrected chi connectivity index (χ4v) is 4.14. The van der Waals surface area contributed by atoms with Crippen LogP contribution in [0, 0.1) is 13.8 Å². The van der Waals surface area contributed by atoms with Gasteiger partial charge in [0.2, 0.25) is 5.91 Å². The Morgan fingerprint density at radius 1 is 1.03 bits per heavy atom. The average molecular weight is 394 g/mol. The molecule has 6 heteroatoms. The Hall–Kier alpha value is -3.02. The van der Waals surface area contributed by atoms with Crippen molar-refractivity contribution in [3.63, 3.8) is 0 Å². The first-order chi connectivity index (χ1) is 14.0. The van der Waals surface area contributed by atoms with Crippen LogP contribution in [0.2, 0.25) is 0 Å². The van der Waals surface area contributed by atoms with Gasteiger partial charge < -0.3 is 19.7 Å². The third-order valence-electron chi connectivity index (χ3n) is 5.41. The minimum atomic E-state index is -0.222. The van der Waals surface area contributed by atoms with Gasteiger partial charge in [0.05, 0.1) is 12.6 Å². The maximum absolute atomic E-state index is 12.8. The largest absolute Gasteiger partial charge is 0.486 e. The van der Waals surface area contributed by atoms with E-state index in [1.54, 1.807) is 0 Å². The lowest BCUT2D eigenvalue weighted by molar-refractivity contribution is -0.131. The van der Waals surface area contributed by atoms with Crippen LogP contribution >= 0.6 is 0 Å². The number of hydrogen-bond acceptors (Lipinski definition) is 4. The van der Waals surface area contributed by atoms with Crippen molar-refractivity contribution in [3.8, 4) is 11.5 Å². The van der Waals surface area contributed by atoms with Gasteiger partial charge in [-0.1, -0.05) is 23.3 Å². The Morgan fingerprint density at radius 2 is 1.76 bits per heavy atom. The Labute approximate surface area is 170 Å². The van der Waals surface area contributed by atoms with E-state index in [1.165, 1.54) is 0 Å². The molecule has 0 unspecified atom stereocenters. The van der Waals surface area contributed by atoms with E-state index in [1.807, 2.05) is 55.1 Å². The van der Waals surface area contributed by atoms with Gasteiger partial charge in [-0.25, -0.2) is 0 Å². The molecule has 0 spiro atoms. The number of rotatable bonds is 4. The lowest BCUT2D eigenvalue weighted by Gasteiger charge is -2.27. The van der Waals surface area contributed by atoms with Gasteiger partial charge in [0.1, 0.15) is 13.2 Å². The summed E-state index contributed by atoms with van der Waals surface area (Å²) in [4.78, 5) is 27.2. The summed E-state index contributed by atoms with van der Waals surface area (Å²) in [6.07, 6.45) is 1.84. The predicted molar refractivity (Wildman–Crippen MR) is 109 cm³/mol. The average Bonchev–Trinajstić information content (AvgIpc) is 3.20. The molecule has 0 aromatic heterocycles. The van der Waals surface area contributed by atoms with Crippen molar-refractivity contribution in [2.75, 3.05) is 26.3 Å². The van der Waals surface area contributed by atoms with Crippen LogP contribution in [0.1, 0.15) is 45.9 Å². The number of hydrogen-bond donors (Lipinski definition) is 1. The molecule has 1 saturated heterocycles. The molecule has 6 nitrogen and oxygen atoms in total. The smallest absolute Gasteiger partial charge is 0.251 e. The van der Waals surface area contributed by atoms with Gasteiger partial charge in [-0.3, -0.25) is 9.59 Å². The van der Waals surface area contributed by atoms with Crippen molar-refractivity contribution in [1.29, 1.82) is 0 Å². The fourth-order valence-electron chi connectivity index (χ4n) is 4.14. The molecule has 1 fully saturated rings. The van der Waals surface area contributed by atoms with Crippen molar-refractivity contribution in [2.24, 2.45) is 0 Å². The summed E-state index contributed by atoms with van der Waals surface area (Å²) in [5.74, 6) is 1.19. The van der Waals surface area contributed by atoms with E-state index < -0.39 is 0 Å². The number of nitrogens with zero attached hydrogens (tertiary/aromatic N) is 1. The third kappa shape index (κ3) is 4.21. The van der Waals surface area contributed by atoms with E-state index in [9.17, 15) is 9.59 Å². The molecule has 1 N–H and O–H groups in total. The molecule has 0 saturated carbocycles. The highest BCUT2D eigenvalue weighted by Gasteiger charge is 2.31. The highest BCUT2D eigenvalue weighted by molar-refractivity contribution is 5.96. The van der Waals surface area contributed by atoms with Gasteiger partial charge in [-0.2, -0.15) is 0 Å². The molecule has 4 rings (SSSR count). The summed E-state index contributed by atoms with van der Waals surface area (Å²) in [5, 5.41) is 2.78. The molecule has 1 atom stereocenters. The van der Waals surface area contributed by atoms with Crippen LogP contribution in [-0.2, 0) is 4.79 Å². The Bertz CT molecular complexity index is 920. The molecule has 2 aliphatic rings. The van der Waals surface area contributed by atoms with Crippen LogP contribution in [0.3, 0.4) is 0 Å². The van der Waals surface area contributed by atoms with Crippen LogP contribution in [0.25, 0.3) is 0 Å². The topological polar surface area (TPSA) is 67.9 Å². The standard InChI is InChI=1S/C23H26N2O4/c1-15-10-16(2)12-18(11-15)23(27)24-14-22(26)25-7-3-4-19(25)17-5-6-20-21(13-17)29-9-8-28-20/h5-6,10-13,19H,3-4,7-9,14H2,1-2H3,(H,24,27)/t19-/m1/s1. The maximum atomic E-state index is 12.8. The molecule has 0 aliphatic carbocycles. The van der Waals surface area contributed by atoms with Crippen LogP contribution < -0.4 is 14.8 Å². The summed E-state index contributed by atoms with van der Waals surface area (Å²) in [5.41, 5.74) is 3.68. The quantitative estimate of drug-likeness (QED) is 0.865. The molecule has 2 aromatic rings. The monoisotopic (exact) mass is 394 g/mol. The van der Waals surface area contributed by atoms with Crippen LogP contribution in [0.4, 0.5) is 0 Å². The van der Waals surface area contributed by atoms with Crippen molar-refractivity contribution < 1.29 is 19.1 Å². The molecule has 152 valence electrons. The van der Waals surface area contributed by atoms with E-state index in [-0.39, 0.29) is 24.4 Å². The van der Waals surface area contributed by atoms with E-state index in [2.05, 4.69) is 5.32 Å². The first-order valence-electron chi connectivity index (χ1n) is 10.1. The van der Waals surface area contributed by atoms with Crippen molar-refractivity contribution in [1.82, 2.24) is 10.2 Å². The van der Waals surface area contributed by atoms with Gasteiger partial charge >= 0.3 is 0 Å².